The summed E-state index contributed by atoms with van der Waals surface area (Å²) in [7, 11) is 0. The molecule has 2 heterocycles. The van der Waals surface area contributed by atoms with Gasteiger partial charge in [0.1, 0.15) is 5.69 Å². The number of anilines is 2. The van der Waals surface area contributed by atoms with Crippen LogP contribution in [0.3, 0.4) is 0 Å². The highest BCUT2D eigenvalue weighted by Crippen LogP contribution is 2.38. The van der Waals surface area contributed by atoms with Crippen molar-refractivity contribution in [3.8, 4) is 0 Å². The molecular formula is C19H19N3O2. The van der Waals surface area contributed by atoms with Crippen LogP contribution in [0.25, 0.3) is 0 Å². The molecule has 0 saturated heterocycles. The van der Waals surface area contributed by atoms with Crippen molar-refractivity contribution in [1.82, 2.24) is 4.98 Å². The predicted molar refractivity (Wildman–Crippen MR) is 92.0 cm³/mol. The van der Waals surface area contributed by atoms with Crippen LogP contribution in [0.5, 0.6) is 0 Å². The maximum absolute atomic E-state index is 12.9. The number of hydrogen-bond acceptors (Lipinski definition) is 3. The van der Waals surface area contributed by atoms with Crippen LogP contribution in [0.2, 0.25) is 0 Å². The Labute approximate surface area is 140 Å². The molecule has 0 N–H and O–H groups in total. The number of carbonyl (C=O) groups is 2. The van der Waals surface area contributed by atoms with E-state index in [1.165, 1.54) is 0 Å². The second kappa shape index (κ2) is 6.07. The van der Waals surface area contributed by atoms with Crippen LogP contribution in [0.1, 0.15) is 29.8 Å². The van der Waals surface area contributed by atoms with Crippen molar-refractivity contribution in [1.29, 1.82) is 0 Å². The van der Waals surface area contributed by atoms with Gasteiger partial charge in [-0.25, -0.2) is 0 Å². The fraction of sp³-hybridized carbons (Fsp3) is 0.316. The molecule has 1 aliphatic heterocycles. The summed E-state index contributed by atoms with van der Waals surface area (Å²) in [6, 6.07) is 13.0. The van der Waals surface area contributed by atoms with Crippen molar-refractivity contribution in [2.24, 2.45) is 5.92 Å². The fourth-order valence-electron chi connectivity index (χ4n) is 3.17. The van der Waals surface area contributed by atoms with E-state index < -0.39 is 0 Å². The normalized spacial score (nSPS) is 17.2. The number of nitrogens with zero attached hydrogens (tertiary/aromatic N) is 3. The van der Waals surface area contributed by atoms with E-state index in [9.17, 15) is 9.59 Å². The summed E-state index contributed by atoms with van der Waals surface area (Å²) in [5, 5.41) is 0. The minimum atomic E-state index is -0.122. The number of rotatable bonds is 2. The smallest absolute Gasteiger partial charge is 0.276 e. The van der Waals surface area contributed by atoms with E-state index in [0.717, 1.165) is 30.6 Å². The SMILES string of the molecule is O=C(c1ccccn1)N1CCCN(C(=O)C2CC2)c2ccccc21. The molecule has 5 heteroatoms. The Kier molecular flexibility index (Phi) is 3.76. The van der Waals surface area contributed by atoms with Gasteiger partial charge in [-0.1, -0.05) is 18.2 Å². The van der Waals surface area contributed by atoms with Gasteiger partial charge < -0.3 is 9.80 Å². The minimum absolute atomic E-state index is 0.122. The third kappa shape index (κ3) is 2.66. The van der Waals surface area contributed by atoms with Gasteiger partial charge in [0.2, 0.25) is 5.91 Å². The maximum Gasteiger partial charge on any atom is 0.276 e. The van der Waals surface area contributed by atoms with E-state index in [2.05, 4.69) is 4.98 Å². The molecule has 2 aliphatic rings. The fourth-order valence-corrected chi connectivity index (χ4v) is 3.17. The second-order valence-electron chi connectivity index (χ2n) is 6.28. The van der Waals surface area contributed by atoms with Crippen molar-refractivity contribution in [2.75, 3.05) is 22.9 Å². The van der Waals surface area contributed by atoms with Crippen molar-refractivity contribution in [3.63, 3.8) is 0 Å². The molecule has 5 nitrogen and oxygen atoms in total. The molecular weight excluding hydrogens is 302 g/mol. The maximum atomic E-state index is 12.9. The lowest BCUT2D eigenvalue weighted by Crippen LogP contribution is -2.32. The zero-order chi connectivity index (χ0) is 16.5. The number of hydrogen-bond donors (Lipinski definition) is 0. The highest BCUT2D eigenvalue weighted by Gasteiger charge is 2.36. The van der Waals surface area contributed by atoms with Crippen LogP contribution in [0, 0.1) is 5.92 Å². The van der Waals surface area contributed by atoms with Gasteiger partial charge in [0.05, 0.1) is 11.4 Å². The Morgan fingerprint density at radius 1 is 0.917 bits per heavy atom. The van der Waals surface area contributed by atoms with Gasteiger partial charge in [-0.15, -0.1) is 0 Å². The molecule has 0 radical (unpaired) electrons. The molecule has 0 bridgehead atoms. The van der Waals surface area contributed by atoms with Crippen molar-refractivity contribution in [2.45, 2.75) is 19.3 Å². The number of aromatic nitrogens is 1. The molecule has 2 aromatic rings. The standard InChI is InChI=1S/C19H19N3O2/c23-18(14-9-10-14)21-12-5-13-22(17-8-2-1-7-16(17)21)19(24)15-6-3-4-11-20-15/h1-4,6-8,11,14H,5,9-10,12-13H2. The molecule has 0 spiro atoms. The van der Waals surface area contributed by atoms with Gasteiger partial charge in [-0.2, -0.15) is 0 Å². The Morgan fingerprint density at radius 3 is 2.25 bits per heavy atom. The van der Waals surface area contributed by atoms with Gasteiger partial charge in [-0.05, 0) is 43.5 Å². The molecule has 1 saturated carbocycles. The summed E-state index contributed by atoms with van der Waals surface area (Å²) in [6.45, 7) is 1.24. The molecule has 0 atom stereocenters. The van der Waals surface area contributed by atoms with Gasteiger partial charge >= 0.3 is 0 Å². The largest absolute Gasteiger partial charge is 0.310 e. The Bertz CT molecular complexity index is 771. The highest BCUT2D eigenvalue weighted by molar-refractivity contribution is 6.09. The molecule has 0 unspecified atom stereocenters. The average Bonchev–Trinajstić information content (AvgIpc) is 3.48. The van der Waals surface area contributed by atoms with Crippen LogP contribution < -0.4 is 9.80 Å². The predicted octanol–water partition coefficient (Wildman–Crippen LogP) is 2.88. The van der Waals surface area contributed by atoms with Gasteiger partial charge in [0.15, 0.2) is 0 Å². The number of carbonyl (C=O) groups excluding carboxylic acids is 2. The second-order valence-corrected chi connectivity index (χ2v) is 6.28. The summed E-state index contributed by atoms with van der Waals surface area (Å²) in [5.41, 5.74) is 2.05. The van der Waals surface area contributed by atoms with E-state index in [-0.39, 0.29) is 17.7 Å². The van der Waals surface area contributed by atoms with E-state index in [1.807, 2.05) is 35.2 Å². The number of fused-ring (bicyclic) bond motifs is 1. The summed E-state index contributed by atoms with van der Waals surface area (Å²) in [4.78, 5) is 33.3. The zero-order valence-corrected chi connectivity index (χ0v) is 13.4. The van der Waals surface area contributed by atoms with Crippen LogP contribution in [0.15, 0.2) is 48.7 Å². The minimum Gasteiger partial charge on any atom is -0.310 e. The number of amides is 2. The van der Waals surface area contributed by atoms with Gasteiger partial charge in [-0.3, -0.25) is 14.6 Å². The summed E-state index contributed by atoms with van der Waals surface area (Å²) in [6.07, 6.45) is 4.34. The van der Waals surface area contributed by atoms with Gasteiger partial charge in [0, 0.05) is 25.2 Å². The van der Waals surface area contributed by atoms with Crippen molar-refractivity contribution in [3.05, 3.63) is 54.4 Å². The third-order valence-corrected chi connectivity index (χ3v) is 4.55. The lowest BCUT2D eigenvalue weighted by atomic mass is 10.2. The molecule has 1 fully saturated rings. The van der Waals surface area contributed by atoms with Crippen LogP contribution >= 0.6 is 0 Å². The number of benzene rings is 1. The molecule has 2 amide bonds. The topological polar surface area (TPSA) is 53.5 Å². The van der Waals surface area contributed by atoms with Gasteiger partial charge in [0.25, 0.3) is 5.91 Å². The number of para-hydroxylation sites is 2. The lowest BCUT2D eigenvalue weighted by molar-refractivity contribution is -0.119. The first-order valence-corrected chi connectivity index (χ1v) is 8.39. The first-order valence-electron chi connectivity index (χ1n) is 8.39. The third-order valence-electron chi connectivity index (χ3n) is 4.55. The number of pyridine rings is 1. The van der Waals surface area contributed by atoms with E-state index in [4.69, 9.17) is 0 Å². The van der Waals surface area contributed by atoms with E-state index in [0.29, 0.717) is 18.8 Å². The van der Waals surface area contributed by atoms with E-state index in [1.54, 1.807) is 23.2 Å². The van der Waals surface area contributed by atoms with Crippen LogP contribution in [-0.2, 0) is 4.79 Å². The Hall–Kier alpha value is -2.69. The summed E-state index contributed by atoms with van der Waals surface area (Å²) < 4.78 is 0. The first-order chi connectivity index (χ1) is 11.8. The molecule has 1 aromatic heterocycles. The lowest BCUT2D eigenvalue weighted by Gasteiger charge is -2.25. The van der Waals surface area contributed by atoms with Crippen LogP contribution in [-0.4, -0.2) is 29.9 Å². The quantitative estimate of drug-likeness (QED) is 0.854. The molecule has 1 aromatic carbocycles. The Morgan fingerprint density at radius 2 is 1.58 bits per heavy atom. The van der Waals surface area contributed by atoms with E-state index >= 15 is 0 Å². The Balaban J connectivity index is 1.72. The molecule has 24 heavy (non-hydrogen) atoms. The summed E-state index contributed by atoms with van der Waals surface area (Å²) >= 11 is 0. The van der Waals surface area contributed by atoms with Crippen molar-refractivity contribution < 1.29 is 9.59 Å². The summed E-state index contributed by atoms with van der Waals surface area (Å²) in [5.74, 6) is 0.231. The molecule has 122 valence electrons. The monoisotopic (exact) mass is 321 g/mol. The first kappa shape index (κ1) is 14.9. The molecule has 1 aliphatic carbocycles. The average molecular weight is 321 g/mol. The van der Waals surface area contributed by atoms with Crippen LogP contribution in [0.4, 0.5) is 11.4 Å². The zero-order valence-electron chi connectivity index (χ0n) is 13.4. The van der Waals surface area contributed by atoms with Crippen molar-refractivity contribution >= 4 is 23.2 Å². The molecule has 4 rings (SSSR count). The highest BCUT2D eigenvalue weighted by atomic mass is 16.2.